The van der Waals surface area contributed by atoms with Crippen LogP contribution in [0.3, 0.4) is 0 Å². The van der Waals surface area contributed by atoms with E-state index in [0.717, 1.165) is 13.2 Å². The predicted molar refractivity (Wildman–Crippen MR) is 22.2 cm³/mol. The van der Waals surface area contributed by atoms with Gasteiger partial charge >= 0.3 is 51.4 Å². The first-order chi connectivity index (χ1) is 2.41. The molecule has 0 heterocycles. The van der Waals surface area contributed by atoms with Gasteiger partial charge in [0.05, 0.1) is 0 Å². The molecule has 0 aromatic rings. The first-order valence-electron chi connectivity index (χ1n) is 1.99. The van der Waals surface area contributed by atoms with Gasteiger partial charge in [-0.05, 0) is 13.8 Å². The van der Waals surface area contributed by atoms with E-state index in [-0.39, 0.29) is 51.4 Å². The fourth-order valence-electron chi connectivity index (χ4n) is 0.204. The van der Waals surface area contributed by atoms with Gasteiger partial charge in [0.25, 0.3) is 0 Å². The van der Waals surface area contributed by atoms with Crippen LogP contribution in [-0.2, 0) is 4.74 Å². The van der Waals surface area contributed by atoms with E-state index in [1.807, 2.05) is 13.8 Å². The molecule has 0 fully saturated rings. The fraction of sp³-hybridized carbons (Fsp3) is 1.00. The van der Waals surface area contributed by atoms with E-state index in [1.54, 1.807) is 0 Å². The summed E-state index contributed by atoms with van der Waals surface area (Å²) in [7, 11) is 0. The van der Waals surface area contributed by atoms with Gasteiger partial charge in [0.2, 0.25) is 0 Å². The van der Waals surface area contributed by atoms with Crippen LogP contribution in [0.5, 0.6) is 0 Å². The van der Waals surface area contributed by atoms with Crippen molar-refractivity contribution in [1.29, 1.82) is 0 Å². The summed E-state index contributed by atoms with van der Waals surface area (Å²) in [5, 5.41) is 0. The maximum atomic E-state index is 4.83. The van der Waals surface area contributed by atoms with Crippen LogP contribution in [0, 0.1) is 0 Å². The molecule has 0 aliphatic rings. The molecule has 0 N–H and O–H groups in total. The zero-order valence-corrected chi connectivity index (χ0v) is 7.95. The minimum Gasteiger partial charge on any atom is -0.382 e. The molecule has 0 aromatic heterocycles. The van der Waals surface area contributed by atoms with Crippen molar-refractivity contribution >= 4 is 0 Å². The Kier molecular flexibility index (Phi) is 17.2. The second-order valence-corrected chi connectivity index (χ2v) is 0.781. The second-order valence-electron chi connectivity index (χ2n) is 0.781. The Morgan fingerprint density at radius 3 is 1.50 bits per heavy atom. The summed E-state index contributed by atoms with van der Waals surface area (Å²) in [4.78, 5) is 0. The molecule has 0 aliphatic heterocycles. The van der Waals surface area contributed by atoms with Gasteiger partial charge < -0.3 is 4.74 Å². The zero-order valence-electron chi connectivity index (χ0n) is 4.82. The van der Waals surface area contributed by atoms with E-state index in [2.05, 4.69) is 0 Å². The number of rotatable bonds is 2. The molecule has 0 saturated carbocycles. The summed E-state index contributed by atoms with van der Waals surface area (Å²) in [6.07, 6.45) is 0. The van der Waals surface area contributed by atoms with Crippen molar-refractivity contribution < 1.29 is 56.1 Å². The molecule has 0 atom stereocenters. The van der Waals surface area contributed by atoms with Crippen molar-refractivity contribution in [3.05, 3.63) is 0 Å². The molecule has 0 spiro atoms. The van der Waals surface area contributed by atoms with E-state index >= 15 is 0 Å². The Morgan fingerprint density at radius 1 is 1.17 bits per heavy atom. The fourth-order valence-corrected chi connectivity index (χ4v) is 0.204. The quantitative estimate of drug-likeness (QED) is 0.378. The zero-order chi connectivity index (χ0) is 4.12. The number of hydrogen-bond donors (Lipinski definition) is 0. The van der Waals surface area contributed by atoms with Gasteiger partial charge in [-0.15, -0.1) is 0 Å². The van der Waals surface area contributed by atoms with Crippen molar-refractivity contribution in [2.45, 2.75) is 13.8 Å². The van der Waals surface area contributed by atoms with E-state index < -0.39 is 0 Å². The first kappa shape index (κ1) is 10.6. The van der Waals surface area contributed by atoms with E-state index in [9.17, 15) is 0 Å². The van der Waals surface area contributed by atoms with Crippen LogP contribution in [0.1, 0.15) is 13.8 Å². The molecule has 6 heavy (non-hydrogen) atoms. The van der Waals surface area contributed by atoms with Crippen LogP contribution in [0.25, 0.3) is 0 Å². The Bertz CT molecular complexity index is 15.0. The van der Waals surface area contributed by atoms with Gasteiger partial charge in [-0.1, -0.05) is 0 Å². The minimum atomic E-state index is 0. The SMILES string of the molecule is CCOCC.[K+]. The molecule has 0 unspecified atom stereocenters. The smallest absolute Gasteiger partial charge is 0.382 e. The summed E-state index contributed by atoms with van der Waals surface area (Å²) >= 11 is 0. The normalized spacial score (nSPS) is 7.00. The summed E-state index contributed by atoms with van der Waals surface area (Å²) in [6.45, 7) is 5.67. The van der Waals surface area contributed by atoms with Crippen LogP contribution in [0.4, 0.5) is 0 Å². The molecule has 1 nitrogen and oxygen atoms in total. The van der Waals surface area contributed by atoms with Gasteiger partial charge in [0, 0.05) is 13.2 Å². The topological polar surface area (TPSA) is 9.23 Å². The molecule has 0 saturated heterocycles. The Morgan fingerprint density at radius 2 is 1.50 bits per heavy atom. The van der Waals surface area contributed by atoms with Crippen LogP contribution in [-0.4, -0.2) is 13.2 Å². The van der Waals surface area contributed by atoms with E-state index in [4.69, 9.17) is 4.74 Å². The summed E-state index contributed by atoms with van der Waals surface area (Å²) in [5.41, 5.74) is 0. The van der Waals surface area contributed by atoms with Crippen molar-refractivity contribution in [2.75, 3.05) is 13.2 Å². The molecule has 0 radical (unpaired) electrons. The van der Waals surface area contributed by atoms with Crippen molar-refractivity contribution in [3.63, 3.8) is 0 Å². The standard InChI is InChI=1S/C4H10O.K/c1-3-5-4-2;/h3-4H2,1-2H3;/q;+1. The Labute approximate surface area is 81.9 Å². The predicted octanol–water partition coefficient (Wildman–Crippen LogP) is -1.95. The molecule has 2 heteroatoms. The van der Waals surface area contributed by atoms with Crippen LogP contribution in [0.2, 0.25) is 0 Å². The maximum Gasteiger partial charge on any atom is 1.00 e. The van der Waals surface area contributed by atoms with Crippen LogP contribution in [0.15, 0.2) is 0 Å². The maximum absolute atomic E-state index is 4.83. The van der Waals surface area contributed by atoms with Gasteiger partial charge in [0.1, 0.15) is 0 Å². The molecule has 32 valence electrons. The monoisotopic (exact) mass is 113 g/mol. The van der Waals surface area contributed by atoms with Gasteiger partial charge in [-0.3, -0.25) is 0 Å². The van der Waals surface area contributed by atoms with Gasteiger partial charge in [-0.2, -0.15) is 0 Å². The average molecular weight is 113 g/mol. The molecule has 0 aliphatic carbocycles. The third kappa shape index (κ3) is 9.14. The number of ether oxygens (including phenoxy) is 1. The third-order valence-corrected chi connectivity index (χ3v) is 0.408. The molecule has 0 bridgehead atoms. The summed E-state index contributed by atoms with van der Waals surface area (Å²) in [5.74, 6) is 0. The summed E-state index contributed by atoms with van der Waals surface area (Å²) in [6, 6.07) is 0. The third-order valence-electron chi connectivity index (χ3n) is 0.408. The Balaban J connectivity index is 0. The minimum absolute atomic E-state index is 0. The molecule has 0 aromatic carbocycles. The summed E-state index contributed by atoms with van der Waals surface area (Å²) < 4.78 is 4.83. The molecule has 0 rings (SSSR count). The van der Waals surface area contributed by atoms with Gasteiger partial charge in [-0.25, -0.2) is 0 Å². The molecular weight excluding hydrogens is 103 g/mol. The van der Waals surface area contributed by atoms with Gasteiger partial charge in [0.15, 0.2) is 0 Å². The Hall–Kier alpha value is 1.60. The first-order valence-corrected chi connectivity index (χ1v) is 1.99. The average Bonchev–Trinajstić information content (AvgIpc) is 1.41. The van der Waals surface area contributed by atoms with Crippen LogP contribution < -0.4 is 51.4 Å². The van der Waals surface area contributed by atoms with Crippen molar-refractivity contribution in [1.82, 2.24) is 0 Å². The van der Waals surface area contributed by atoms with Crippen LogP contribution >= 0.6 is 0 Å². The van der Waals surface area contributed by atoms with Crippen molar-refractivity contribution in [2.24, 2.45) is 0 Å². The van der Waals surface area contributed by atoms with E-state index in [1.165, 1.54) is 0 Å². The van der Waals surface area contributed by atoms with Crippen molar-refractivity contribution in [3.8, 4) is 0 Å². The largest absolute Gasteiger partial charge is 1.00 e. The second kappa shape index (κ2) is 9.78. The number of hydrogen-bond acceptors (Lipinski definition) is 1. The molecular formula is C4H10KO+. The molecule has 0 amide bonds. The van der Waals surface area contributed by atoms with E-state index in [0.29, 0.717) is 0 Å².